The number of halogens is 2. The summed E-state index contributed by atoms with van der Waals surface area (Å²) in [6.45, 7) is 0. The summed E-state index contributed by atoms with van der Waals surface area (Å²) in [6.07, 6.45) is 3.10. The molecule has 2 aromatic rings. The molecule has 2 rings (SSSR count). The Morgan fingerprint density at radius 2 is 2.25 bits per heavy atom. The minimum Gasteiger partial charge on any atom is -0.247 e. The number of fused-ring (bicyclic) bond motifs is 1. The highest BCUT2D eigenvalue weighted by Gasteiger charge is 2.06. The van der Waals surface area contributed by atoms with Crippen molar-refractivity contribution in [1.82, 2.24) is 18.9 Å². The molecule has 0 N–H and O–H groups in total. The van der Waals surface area contributed by atoms with Gasteiger partial charge in [-0.25, -0.2) is 18.9 Å². The largest absolute Gasteiger partial charge is 0.247 e. The number of rotatable bonds is 1. The first kappa shape index (κ1) is 8.52. The van der Waals surface area contributed by atoms with Crippen molar-refractivity contribution in [1.29, 1.82) is 0 Å². The van der Waals surface area contributed by atoms with E-state index in [0.717, 1.165) is 5.65 Å². The van der Waals surface area contributed by atoms with Crippen LogP contribution in [-0.2, 0) is 0 Å². The molecule has 0 aliphatic rings. The van der Waals surface area contributed by atoms with Crippen LogP contribution in [0.4, 0.5) is 0 Å². The maximum atomic E-state index is 5.79. The standard InChI is InChI=1S/C5H2ClIN4S/c6-4-3-5(9-1-8-4)11(12-7)2-10-3/h1-2H. The number of hydrogen-bond donors (Lipinski definition) is 0. The van der Waals surface area contributed by atoms with Crippen LogP contribution in [0.25, 0.3) is 11.2 Å². The molecule has 7 heteroatoms. The minimum atomic E-state index is 0.393. The van der Waals surface area contributed by atoms with Crippen LogP contribution in [0.1, 0.15) is 0 Å². The third-order valence-corrected chi connectivity index (χ3v) is 3.30. The van der Waals surface area contributed by atoms with Gasteiger partial charge in [-0.05, 0) is 0 Å². The molecule has 0 fully saturated rings. The lowest BCUT2D eigenvalue weighted by Gasteiger charge is -1.93. The molecule has 0 aliphatic carbocycles. The molecule has 0 radical (unpaired) electrons. The first-order valence-corrected chi connectivity index (χ1v) is 6.65. The smallest absolute Gasteiger partial charge is 0.175 e. The van der Waals surface area contributed by atoms with Gasteiger partial charge in [0.25, 0.3) is 0 Å². The van der Waals surface area contributed by atoms with Crippen LogP contribution in [0.2, 0.25) is 5.15 Å². The second kappa shape index (κ2) is 3.35. The molecular formula is C5H2ClIN4S. The van der Waals surface area contributed by atoms with Gasteiger partial charge in [-0.15, -0.1) is 0 Å². The number of hydrogen-bond acceptors (Lipinski definition) is 4. The molecule has 0 atom stereocenters. The average Bonchev–Trinajstić information content (AvgIpc) is 2.49. The molecule has 0 aliphatic heterocycles. The summed E-state index contributed by atoms with van der Waals surface area (Å²) in [5.41, 5.74) is 1.39. The van der Waals surface area contributed by atoms with E-state index in [-0.39, 0.29) is 0 Å². The van der Waals surface area contributed by atoms with E-state index < -0.39 is 0 Å². The Labute approximate surface area is 89.5 Å². The van der Waals surface area contributed by atoms with Gasteiger partial charge in [0.2, 0.25) is 0 Å². The molecule has 0 aromatic carbocycles. The third kappa shape index (κ3) is 1.27. The Hall–Kier alpha value is -0.0800. The summed E-state index contributed by atoms with van der Waals surface area (Å²) in [4.78, 5) is 11.9. The Bertz CT molecular complexity index is 417. The van der Waals surface area contributed by atoms with E-state index in [1.54, 1.807) is 6.33 Å². The second-order valence-electron chi connectivity index (χ2n) is 1.98. The molecule has 12 heavy (non-hydrogen) atoms. The fraction of sp³-hybridized carbons (Fsp3) is 0. The van der Waals surface area contributed by atoms with Crippen molar-refractivity contribution in [2.75, 3.05) is 0 Å². The van der Waals surface area contributed by atoms with Gasteiger partial charge >= 0.3 is 0 Å². The zero-order valence-electron chi connectivity index (χ0n) is 5.61. The summed E-state index contributed by atoms with van der Waals surface area (Å²) >= 11 is 7.93. The lowest BCUT2D eigenvalue weighted by molar-refractivity contribution is 1.18. The second-order valence-corrected chi connectivity index (χ2v) is 4.05. The zero-order valence-corrected chi connectivity index (χ0v) is 9.34. The van der Waals surface area contributed by atoms with Gasteiger partial charge in [-0.3, -0.25) is 0 Å². The Balaban J connectivity index is 2.80. The summed E-state index contributed by atoms with van der Waals surface area (Å²) in [5, 5.41) is 0.393. The predicted octanol–water partition coefficient (Wildman–Crippen LogP) is 2.33. The van der Waals surface area contributed by atoms with E-state index in [2.05, 4.69) is 36.2 Å². The van der Waals surface area contributed by atoms with E-state index in [4.69, 9.17) is 11.6 Å². The summed E-state index contributed by atoms with van der Waals surface area (Å²) in [7, 11) is 1.49. The molecule has 0 amide bonds. The maximum Gasteiger partial charge on any atom is 0.175 e. The van der Waals surface area contributed by atoms with Gasteiger partial charge in [0.05, 0.1) is 0 Å². The lowest BCUT2D eigenvalue weighted by Crippen LogP contribution is -1.85. The van der Waals surface area contributed by atoms with Crippen LogP contribution in [0.5, 0.6) is 0 Å². The number of aromatic nitrogens is 4. The highest BCUT2D eigenvalue weighted by atomic mass is 127. The molecule has 0 saturated carbocycles. The normalized spacial score (nSPS) is 10.8. The molecule has 4 nitrogen and oxygen atoms in total. The van der Waals surface area contributed by atoms with Gasteiger partial charge in [-0.2, -0.15) is 0 Å². The first-order valence-electron chi connectivity index (χ1n) is 2.95. The van der Waals surface area contributed by atoms with Gasteiger partial charge < -0.3 is 0 Å². The van der Waals surface area contributed by atoms with Crippen molar-refractivity contribution in [3.05, 3.63) is 17.8 Å². The molecule has 0 saturated heterocycles. The SMILES string of the molecule is Clc1ncnc2c1ncn2SI. The summed E-state index contributed by atoms with van der Waals surface area (Å²) < 4.78 is 1.82. The van der Waals surface area contributed by atoms with Crippen molar-refractivity contribution in [2.45, 2.75) is 0 Å². The minimum absolute atomic E-state index is 0.393. The predicted molar refractivity (Wildman–Crippen MR) is 57.3 cm³/mol. The van der Waals surface area contributed by atoms with Crippen LogP contribution in [0, 0.1) is 0 Å². The Morgan fingerprint density at radius 1 is 1.42 bits per heavy atom. The van der Waals surface area contributed by atoms with Crippen LogP contribution in [0.3, 0.4) is 0 Å². The molecule has 0 unspecified atom stereocenters. The van der Waals surface area contributed by atoms with Gasteiger partial charge in [0.15, 0.2) is 10.8 Å². The van der Waals surface area contributed by atoms with Crippen molar-refractivity contribution in [2.24, 2.45) is 0 Å². The van der Waals surface area contributed by atoms with E-state index in [0.29, 0.717) is 10.7 Å². The summed E-state index contributed by atoms with van der Waals surface area (Å²) in [5.74, 6) is 0. The fourth-order valence-corrected chi connectivity index (χ4v) is 2.16. The lowest BCUT2D eigenvalue weighted by atomic mass is 10.6. The summed E-state index contributed by atoms with van der Waals surface area (Å²) in [6, 6.07) is 0. The van der Waals surface area contributed by atoms with Crippen LogP contribution < -0.4 is 0 Å². The third-order valence-electron chi connectivity index (χ3n) is 1.33. The van der Waals surface area contributed by atoms with Gasteiger partial charge in [0.1, 0.15) is 18.2 Å². The van der Waals surface area contributed by atoms with E-state index in [9.17, 15) is 0 Å². The molecule has 0 bridgehead atoms. The van der Waals surface area contributed by atoms with Crippen molar-refractivity contribution in [3.63, 3.8) is 0 Å². The average molecular weight is 313 g/mol. The Kier molecular flexibility index (Phi) is 2.37. The molecule has 2 heterocycles. The highest BCUT2D eigenvalue weighted by molar-refractivity contribution is 14.2. The van der Waals surface area contributed by atoms with Crippen LogP contribution in [0.15, 0.2) is 12.7 Å². The van der Waals surface area contributed by atoms with Crippen molar-refractivity contribution in [3.8, 4) is 0 Å². The van der Waals surface area contributed by atoms with Crippen LogP contribution in [-0.4, -0.2) is 18.9 Å². The molecule has 0 spiro atoms. The monoisotopic (exact) mass is 312 g/mol. The number of imidazole rings is 1. The first-order chi connectivity index (χ1) is 5.83. The van der Waals surface area contributed by atoms with Crippen molar-refractivity contribution >= 4 is 53.1 Å². The van der Waals surface area contributed by atoms with E-state index in [1.165, 1.54) is 15.4 Å². The molecule has 62 valence electrons. The molecule has 2 aromatic heterocycles. The quantitative estimate of drug-likeness (QED) is 0.599. The molecular weight excluding hydrogens is 311 g/mol. The zero-order chi connectivity index (χ0) is 8.55. The Morgan fingerprint density at radius 3 is 3.00 bits per heavy atom. The maximum absolute atomic E-state index is 5.79. The highest BCUT2D eigenvalue weighted by Crippen LogP contribution is 2.23. The fourth-order valence-electron chi connectivity index (χ4n) is 0.836. The number of nitrogens with zero attached hydrogens (tertiary/aromatic N) is 4. The van der Waals surface area contributed by atoms with Crippen molar-refractivity contribution < 1.29 is 0 Å². The van der Waals surface area contributed by atoms with Gasteiger partial charge in [-0.1, -0.05) is 11.6 Å². The van der Waals surface area contributed by atoms with Gasteiger partial charge in [0, 0.05) is 30.3 Å². The topological polar surface area (TPSA) is 43.6 Å². The van der Waals surface area contributed by atoms with Crippen LogP contribution >= 0.6 is 41.9 Å². The van der Waals surface area contributed by atoms with E-state index in [1.807, 2.05) is 3.97 Å². The van der Waals surface area contributed by atoms with E-state index >= 15 is 0 Å².